The number of rotatable bonds is 6. The van der Waals surface area contributed by atoms with Gasteiger partial charge >= 0.3 is 0 Å². The zero-order valence-electron chi connectivity index (χ0n) is 13.0. The number of nitrogens with two attached hydrogens (primary N) is 1. The number of amides is 1. The second kappa shape index (κ2) is 7.81. The van der Waals surface area contributed by atoms with Crippen LogP contribution in [-0.4, -0.2) is 27.4 Å². The number of halogens is 4. The lowest BCUT2D eigenvalue weighted by atomic mass is 10.2. The summed E-state index contributed by atoms with van der Waals surface area (Å²) in [6.45, 7) is -0.172. The number of sulfonamides is 1. The molecule has 11 heteroatoms. The smallest absolute Gasteiger partial charge is 0.255 e. The van der Waals surface area contributed by atoms with E-state index in [2.05, 4.69) is 5.32 Å². The van der Waals surface area contributed by atoms with Gasteiger partial charge in [0.05, 0.1) is 0 Å². The van der Waals surface area contributed by atoms with Crippen molar-refractivity contribution in [3.05, 3.63) is 59.2 Å². The molecule has 0 aromatic heterocycles. The average Bonchev–Trinajstić information content (AvgIpc) is 2.58. The number of nitrogens with one attached hydrogen (secondary N) is 2. The fraction of sp³-hybridized carbons (Fsp3) is 0.133. The van der Waals surface area contributed by atoms with Crippen LogP contribution in [0.4, 0.5) is 23.2 Å². The van der Waals surface area contributed by atoms with Crippen LogP contribution >= 0.6 is 0 Å². The van der Waals surface area contributed by atoms with Crippen LogP contribution in [0.3, 0.4) is 0 Å². The maximum Gasteiger partial charge on any atom is 0.255 e. The van der Waals surface area contributed by atoms with Gasteiger partial charge in [-0.3, -0.25) is 4.79 Å². The molecule has 2 rings (SSSR count). The second-order valence-corrected chi connectivity index (χ2v) is 6.78. The van der Waals surface area contributed by atoms with E-state index in [0.29, 0.717) is 12.1 Å². The summed E-state index contributed by atoms with van der Waals surface area (Å²) in [5.74, 6) is -6.83. The van der Waals surface area contributed by atoms with Crippen LogP contribution in [0.15, 0.2) is 35.2 Å². The normalized spacial score (nSPS) is 11.4. The van der Waals surface area contributed by atoms with Gasteiger partial charge in [-0.1, -0.05) is 0 Å². The standard InChI is InChI=1S/C15H13F4N3O3S/c16-10-2-1-8(5-13(10)26(24,25)21-4-3-20)15(23)22-9-6-11(17)14(19)12(18)7-9/h1-2,5-7,21H,3-4,20H2,(H,22,23). The van der Waals surface area contributed by atoms with Gasteiger partial charge in [0.15, 0.2) is 17.5 Å². The number of benzene rings is 2. The highest BCUT2D eigenvalue weighted by atomic mass is 32.2. The minimum absolute atomic E-state index is 0.0251. The van der Waals surface area contributed by atoms with E-state index in [1.165, 1.54) is 0 Å². The highest BCUT2D eigenvalue weighted by Crippen LogP contribution is 2.20. The van der Waals surface area contributed by atoms with Crippen LogP contribution in [-0.2, 0) is 10.0 Å². The molecule has 0 saturated carbocycles. The Balaban J connectivity index is 2.32. The molecule has 0 radical (unpaired) electrons. The minimum atomic E-state index is -4.26. The van der Waals surface area contributed by atoms with Crippen molar-refractivity contribution >= 4 is 21.6 Å². The number of anilines is 1. The minimum Gasteiger partial charge on any atom is -0.329 e. The van der Waals surface area contributed by atoms with Gasteiger partial charge in [-0.2, -0.15) is 0 Å². The molecule has 2 aromatic carbocycles. The lowest BCUT2D eigenvalue weighted by molar-refractivity contribution is 0.102. The Kier molecular flexibility index (Phi) is 5.95. The third-order valence-electron chi connectivity index (χ3n) is 3.16. The number of carbonyl (C=O) groups is 1. The molecule has 0 unspecified atom stereocenters. The number of hydrogen-bond donors (Lipinski definition) is 3. The van der Waals surface area contributed by atoms with E-state index < -0.39 is 49.8 Å². The van der Waals surface area contributed by atoms with E-state index in [9.17, 15) is 30.8 Å². The molecule has 0 spiro atoms. The Morgan fingerprint density at radius 3 is 2.19 bits per heavy atom. The molecule has 6 nitrogen and oxygen atoms in total. The lowest BCUT2D eigenvalue weighted by Gasteiger charge is -2.10. The average molecular weight is 391 g/mol. The third-order valence-corrected chi connectivity index (χ3v) is 4.64. The van der Waals surface area contributed by atoms with E-state index in [-0.39, 0.29) is 18.7 Å². The van der Waals surface area contributed by atoms with Crippen molar-refractivity contribution in [1.29, 1.82) is 0 Å². The Hall–Kier alpha value is -2.50. The molecule has 0 bridgehead atoms. The predicted molar refractivity (Wildman–Crippen MR) is 84.9 cm³/mol. The first kappa shape index (κ1) is 19.8. The maximum atomic E-state index is 13.8. The van der Waals surface area contributed by atoms with Gasteiger partial charge in [0, 0.05) is 36.5 Å². The topological polar surface area (TPSA) is 101 Å². The molecular formula is C15H13F4N3O3S. The molecule has 0 aliphatic rings. The van der Waals surface area contributed by atoms with Gasteiger partial charge < -0.3 is 11.1 Å². The van der Waals surface area contributed by atoms with Crippen molar-refractivity contribution in [1.82, 2.24) is 4.72 Å². The van der Waals surface area contributed by atoms with Gasteiger partial charge in [-0.15, -0.1) is 0 Å². The molecule has 0 saturated heterocycles. The van der Waals surface area contributed by atoms with Crippen LogP contribution in [0.1, 0.15) is 10.4 Å². The Bertz CT molecular complexity index is 928. The molecule has 0 atom stereocenters. The van der Waals surface area contributed by atoms with Gasteiger partial charge in [0.2, 0.25) is 10.0 Å². The predicted octanol–water partition coefficient (Wildman–Crippen LogP) is 1.73. The molecular weight excluding hydrogens is 378 g/mol. The van der Waals surface area contributed by atoms with E-state index in [1.54, 1.807) is 0 Å². The molecule has 0 fully saturated rings. The van der Waals surface area contributed by atoms with Crippen molar-refractivity contribution in [2.24, 2.45) is 5.73 Å². The maximum absolute atomic E-state index is 13.8. The molecule has 0 aliphatic heterocycles. The Morgan fingerprint density at radius 2 is 1.62 bits per heavy atom. The Labute approximate surface area is 146 Å². The van der Waals surface area contributed by atoms with Crippen molar-refractivity contribution in [2.75, 3.05) is 18.4 Å². The van der Waals surface area contributed by atoms with Gasteiger partial charge in [0.25, 0.3) is 5.91 Å². The summed E-state index contributed by atoms with van der Waals surface area (Å²) in [6.07, 6.45) is 0. The second-order valence-electron chi connectivity index (χ2n) is 5.04. The van der Waals surface area contributed by atoms with Gasteiger partial charge in [-0.05, 0) is 18.2 Å². The number of hydrogen-bond acceptors (Lipinski definition) is 4. The summed E-state index contributed by atoms with van der Waals surface area (Å²) >= 11 is 0. The summed E-state index contributed by atoms with van der Waals surface area (Å²) in [5, 5.41) is 2.07. The molecule has 2 aromatic rings. The summed E-state index contributed by atoms with van der Waals surface area (Å²) in [7, 11) is -4.26. The van der Waals surface area contributed by atoms with E-state index in [4.69, 9.17) is 5.73 Å². The molecule has 4 N–H and O–H groups in total. The van der Waals surface area contributed by atoms with Crippen LogP contribution in [0, 0.1) is 23.3 Å². The van der Waals surface area contributed by atoms with Crippen LogP contribution in [0.5, 0.6) is 0 Å². The summed E-state index contributed by atoms with van der Waals surface area (Å²) in [6, 6.07) is 3.56. The van der Waals surface area contributed by atoms with Gasteiger partial charge in [-0.25, -0.2) is 30.7 Å². The van der Waals surface area contributed by atoms with E-state index in [1.807, 2.05) is 4.72 Å². The van der Waals surface area contributed by atoms with E-state index in [0.717, 1.165) is 18.2 Å². The van der Waals surface area contributed by atoms with Gasteiger partial charge in [0.1, 0.15) is 10.7 Å². The fourth-order valence-electron chi connectivity index (χ4n) is 1.95. The quantitative estimate of drug-likeness (QED) is 0.516. The van der Waals surface area contributed by atoms with Crippen molar-refractivity contribution in [3.63, 3.8) is 0 Å². The highest BCUT2D eigenvalue weighted by Gasteiger charge is 2.21. The molecule has 0 aliphatic carbocycles. The largest absolute Gasteiger partial charge is 0.329 e. The first-order valence-corrected chi connectivity index (χ1v) is 8.59. The molecule has 1 amide bonds. The number of carbonyl (C=O) groups excluding carboxylic acids is 1. The highest BCUT2D eigenvalue weighted by molar-refractivity contribution is 7.89. The zero-order valence-corrected chi connectivity index (χ0v) is 13.8. The summed E-state index contributed by atoms with van der Waals surface area (Å²) in [5.41, 5.74) is 4.48. The Morgan fingerprint density at radius 1 is 1.00 bits per heavy atom. The lowest BCUT2D eigenvalue weighted by Crippen LogP contribution is -2.30. The summed E-state index contributed by atoms with van der Waals surface area (Å²) in [4.78, 5) is 11.3. The first-order valence-electron chi connectivity index (χ1n) is 7.11. The monoisotopic (exact) mass is 391 g/mol. The van der Waals surface area contributed by atoms with Crippen molar-refractivity contribution in [3.8, 4) is 0 Å². The first-order chi connectivity index (χ1) is 12.2. The third kappa shape index (κ3) is 4.36. The molecule has 0 heterocycles. The fourth-order valence-corrected chi connectivity index (χ4v) is 3.10. The summed E-state index contributed by atoms with van der Waals surface area (Å²) < 4.78 is 79.1. The van der Waals surface area contributed by atoms with Crippen LogP contribution in [0.2, 0.25) is 0 Å². The van der Waals surface area contributed by atoms with Crippen LogP contribution < -0.4 is 15.8 Å². The van der Waals surface area contributed by atoms with Crippen molar-refractivity contribution in [2.45, 2.75) is 4.90 Å². The van der Waals surface area contributed by atoms with Crippen LogP contribution in [0.25, 0.3) is 0 Å². The SMILES string of the molecule is NCCNS(=O)(=O)c1cc(C(=O)Nc2cc(F)c(F)c(F)c2)ccc1F. The zero-order chi connectivity index (χ0) is 19.5. The molecule has 26 heavy (non-hydrogen) atoms. The van der Waals surface area contributed by atoms with Crippen molar-refractivity contribution < 1.29 is 30.8 Å². The van der Waals surface area contributed by atoms with E-state index >= 15 is 0 Å². The molecule has 140 valence electrons.